The fraction of sp³-hybridized carbons (Fsp3) is 0.556. The Bertz CT molecular complexity index is 403. The Morgan fingerprint density at radius 2 is 2.31 bits per heavy atom. The number of nitrogens with two attached hydrogens (primary N) is 1. The van der Waals surface area contributed by atoms with Gasteiger partial charge in [-0.1, -0.05) is 6.92 Å². The summed E-state index contributed by atoms with van der Waals surface area (Å²) in [6, 6.07) is 1.66. The van der Waals surface area contributed by atoms with Crippen molar-refractivity contribution in [3.63, 3.8) is 0 Å². The van der Waals surface area contributed by atoms with E-state index in [1.165, 1.54) is 6.33 Å². The third-order valence-electron chi connectivity index (χ3n) is 2.25. The first-order chi connectivity index (χ1) is 7.60. The van der Waals surface area contributed by atoms with Crippen molar-refractivity contribution in [2.75, 3.05) is 6.54 Å². The Morgan fingerprint density at radius 1 is 1.56 bits per heavy atom. The topological polar surface area (TPSA) is 98.0 Å². The molecule has 90 valence electrons. The summed E-state index contributed by atoms with van der Waals surface area (Å²) >= 11 is 0. The quantitative estimate of drug-likeness (QED) is 0.711. The standard InChI is InChI=1S/C9H16N4O2S/c1-2-9(5-10)16(14,15)13-6-8-3-4-11-7-12-8/h3-4,7,9,13H,2,5-6,10H2,1H3. The van der Waals surface area contributed by atoms with Gasteiger partial charge in [-0.3, -0.25) is 0 Å². The molecule has 1 aromatic heterocycles. The van der Waals surface area contributed by atoms with Crippen molar-refractivity contribution in [3.05, 3.63) is 24.3 Å². The third-order valence-corrected chi connectivity index (χ3v) is 4.20. The Morgan fingerprint density at radius 3 is 2.81 bits per heavy atom. The lowest BCUT2D eigenvalue weighted by Gasteiger charge is -2.14. The monoisotopic (exact) mass is 244 g/mol. The lowest BCUT2D eigenvalue weighted by molar-refractivity contribution is 0.560. The van der Waals surface area contributed by atoms with Crippen LogP contribution in [-0.2, 0) is 16.6 Å². The van der Waals surface area contributed by atoms with Gasteiger partial charge in [-0.2, -0.15) is 0 Å². The van der Waals surface area contributed by atoms with Crippen molar-refractivity contribution in [2.45, 2.75) is 25.1 Å². The van der Waals surface area contributed by atoms with E-state index in [0.717, 1.165) is 0 Å². The molecular weight excluding hydrogens is 228 g/mol. The average molecular weight is 244 g/mol. The third kappa shape index (κ3) is 3.51. The predicted octanol–water partition coefficient (Wildman–Crippen LogP) is -0.367. The van der Waals surface area contributed by atoms with E-state index < -0.39 is 15.3 Å². The molecule has 1 heterocycles. The van der Waals surface area contributed by atoms with E-state index in [-0.39, 0.29) is 13.1 Å². The summed E-state index contributed by atoms with van der Waals surface area (Å²) in [6.45, 7) is 2.08. The smallest absolute Gasteiger partial charge is 0.216 e. The minimum absolute atomic E-state index is 0.121. The molecule has 3 N–H and O–H groups in total. The number of hydrogen-bond donors (Lipinski definition) is 2. The second-order valence-electron chi connectivity index (χ2n) is 3.33. The fourth-order valence-corrected chi connectivity index (χ4v) is 2.50. The van der Waals surface area contributed by atoms with Gasteiger partial charge >= 0.3 is 0 Å². The van der Waals surface area contributed by atoms with Crippen molar-refractivity contribution in [1.82, 2.24) is 14.7 Å². The molecule has 1 rings (SSSR count). The van der Waals surface area contributed by atoms with Gasteiger partial charge in [-0.15, -0.1) is 0 Å². The molecule has 6 nitrogen and oxygen atoms in total. The molecule has 1 atom stereocenters. The van der Waals surface area contributed by atoms with Gasteiger partial charge in [0.25, 0.3) is 0 Å². The van der Waals surface area contributed by atoms with E-state index in [0.29, 0.717) is 12.1 Å². The summed E-state index contributed by atoms with van der Waals surface area (Å²) < 4.78 is 25.9. The fourth-order valence-electron chi connectivity index (χ4n) is 1.23. The summed E-state index contributed by atoms with van der Waals surface area (Å²) in [6.07, 6.45) is 3.44. The molecule has 0 amide bonds. The number of nitrogens with one attached hydrogen (secondary N) is 1. The zero-order chi connectivity index (χ0) is 12.0. The average Bonchev–Trinajstić information content (AvgIpc) is 2.29. The zero-order valence-electron chi connectivity index (χ0n) is 9.13. The maximum absolute atomic E-state index is 11.7. The molecule has 0 aliphatic heterocycles. The SMILES string of the molecule is CCC(CN)S(=O)(=O)NCc1ccncn1. The van der Waals surface area contributed by atoms with E-state index in [1.54, 1.807) is 19.2 Å². The molecule has 1 aromatic rings. The van der Waals surface area contributed by atoms with Crippen LogP contribution in [0.5, 0.6) is 0 Å². The Balaban J connectivity index is 2.61. The van der Waals surface area contributed by atoms with Gasteiger partial charge in [0.15, 0.2) is 0 Å². The molecule has 0 fully saturated rings. The Hall–Kier alpha value is -1.05. The maximum atomic E-state index is 11.7. The van der Waals surface area contributed by atoms with Crippen molar-refractivity contribution in [3.8, 4) is 0 Å². The molecule has 0 aliphatic rings. The van der Waals surface area contributed by atoms with Gasteiger partial charge in [-0.05, 0) is 12.5 Å². The summed E-state index contributed by atoms with van der Waals surface area (Å²) in [5.74, 6) is 0. The lowest BCUT2D eigenvalue weighted by Crippen LogP contribution is -2.38. The minimum atomic E-state index is -3.36. The Kier molecular flexibility index (Phi) is 4.78. The molecule has 0 saturated heterocycles. The highest BCUT2D eigenvalue weighted by Crippen LogP contribution is 2.03. The molecule has 0 bridgehead atoms. The van der Waals surface area contributed by atoms with Crippen LogP contribution in [0.15, 0.2) is 18.6 Å². The van der Waals surface area contributed by atoms with Gasteiger partial charge in [-0.25, -0.2) is 23.1 Å². The second-order valence-corrected chi connectivity index (χ2v) is 5.38. The van der Waals surface area contributed by atoms with Crippen LogP contribution in [0.3, 0.4) is 0 Å². The minimum Gasteiger partial charge on any atom is -0.329 e. The zero-order valence-corrected chi connectivity index (χ0v) is 9.94. The highest BCUT2D eigenvalue weighted by Gasteiger charge is 2.21. The van der Waals surface area contributed by atoms with Gasteiger partial charge in [0.2, 0.25) is 10.0 Å². The van der Waals surface area contributed by atoms with Crippen LogP contribution >= 0.6 is 0 Å². The first-order valence-corrected chi connectivity index (χ1v) is 6.58. The molecule has 0 saturated carbocycles. The van der Waals surface area contributed by atoms with E-state index in [9.17, 15) is 8.42 Å². The van der Waals surface area contributed by atoms with Crippen molar-refractivity contribution >= 4 is 10.0 Å². The van der Waals surface area contributed by atoms with Crippen molar-refractivity contribution in [1.29, 1.82) is 0 Å². The van der Waals surface area contributed by atoms with Crippen LogP contribution in [0.1, 0.15) is 19.0 Å². The van der Waals surface area contributed by atoms with Crippen LogP contribution in [0.2, 0.25) is 0 Å². The van der Waals surface area contributed by atoms with Crippen LogP contribution in [0.25, 0.3) is 0 Å². The summed E-state index contributed by atoms with van der Waals surface area (Å²) in [5.41, 5.74) is 6.02. The van der Waals surface area contributed by atoms with E-state index in [2.05, 4.69) is 14.7 Å². The number of nitrogens with zero attached hydrogens (tertiary/aromatic N) is 2. The lowest BCUT2D eigenvalue weighted by atomic mass is 10.3. The number of rotatable bonds is 6. The largest absolute Gasteiger partial charge is 0.329 e. The molecule has 0 aliphatic carbocycles. The van der Waals surface area contributed by atoms with Crippen LogP contribution in [-0.4, -0.2) is 30.2 Å². The van der Waals surface area contributed by atoms with Crippen molar-refractivity contribution < 1.29 is 8.42 Å². The molecule has 0 aromatic carbocycles. The second kappa shape index (κ2) is 5.88. The molecule has 1 unspecified atom stereocenters. The molecule has 0 spiro atoms. The molecule has 0 radical (unpaired) electrons. The molecule has 7 heteroatoms. The van der Waals surface area contributed by atoms with Gasteiger partial charge < -0.3 is 5.73 Å². The molecule has 16 heavy (non-hydrogen) atoms. The summed E-state index contributed by atoms with van der Waals surface area (Å²) in [4.78, 5) is 7.67. The Labute approximate surface area is 95.3 Å². The highest BCUT2D eigenvalue weighted by atomic mass is 32.2. The van der Waals surface area contributed by atoms with E-state index in [1.807, 2.05) is 0 Å². The number of hydrogen-bond acceptors (Lipinski definition) is 5. The summed E-state index contributed by atoms with van der Waals surface area (Å²) in [7, 11) is -3.36. The van der Waals surface area contributed by atoms with Crippen LogP contribution in [0, 0.1) is 0 Å². The van der Waals surface area contributed by atoms with Gasteiger partial charge in [0.05, 0.1) is 17.5 Å². The van der Waals surface area contributed by atoms with Crippen LogP contribution < -0.4 is 10.5 Å². The van der Waals surface area contributed by atoms with Gasteiger partial charge in [0, 0.05) is 12.7 Å². The first kappa shape index (κ1) is 13.0. The van der Waals surface area contributed by atoms with E-state index >= 15 is 0 Å². The molecular formula is C9H16N4O2S. The van der Waals surface area contributed by atoms with E-state index in [4.69, 9.17) is 5.73 Å². The summed E-state index contributed by atoms with van der Waals surface area (Å²) in [5, 5.41) is -0.547. The van der Waals surface area contributed by atoms with Gasteiger partial charge in [0.1, 0.15) is 6.33 Å². The highest BCUT2D eigenvalue weighted by molar-refractivity contribution is 7.90. The van der Waals surface area contributed by atoms with Crippen molar-refractivity contribution in [2.24, 2.45) is 5.73 Å². The normalized spacial score (nSPS) is 13.6. The first-order valence-electron chi connectivity index (χ1n) is 5.03. The van der Waals surface area contributed by atoms with Crippen LogP contribution in [0.4, 0.5) is 0 Å². The number of aromatic nitrogens is 2. The predicted molar refractivity (Wildman–Crippen MR) is 60.9 cm³/mol. The number of sulfonamides is 1. The maximum Gasteiger partial charge on any atom is 0.216 e.